The molecule has 1 aromatic heterocycles. The maximum atomic E-state index is 11.4. The van der Waals surface area contributed by atoms with Crippen LogP contribution < -0.4 is 5.32 Å². The first-order valence-corrected chi connectivity index (χ1v) is 4.89. The van der Waals surface area contributed by atoms with Gasteiger partial charge >= 0.3 is 12.0 Å². The Morgan fingerprint density at radius 3 is 2.94 bits per heavy atom. The topological polar surface area (TPSA) is 98.3 Å². The predicted molar refractivity (Wildman–Crippen MR) is 54.1 cm³/mol. The number of hydrogen-bond acceptors (Lipinski definition) is 3. The van der Waals surface area contributed by atoms with Gasteiger partial charge in [0.1, 0.15) is 0 Å². The lowest BCUT2D eigenvalue weighted by Crippen LogP contribution is -2.41. The second-order valence-electron chi connectivity index (χ2n) is 3.56. The van der Waals surface area contributed by atoms with Crippen molar-refractivity contribution in [1.82, 2.24) is 20.4 Å². The third kappa shape index (κ3) is 1.60. The molecule has 2 rings (SSSR count). The molecule has 0 saturated carbocycles. The van der Waals surface area contributed by atoms with Crippen molar-refractivity contribution in [3.05, 3.63) is 17.0 Å². The third-order valence-electron chi connectivity index (χ3n) is 2.64. The van der Waals surface area contributed by atoms with Gasteiger partial charge in [0, 0.05) is 19.2 Å². The fourth-order valence-corrected chi connectivity index (χ4v) is 1.83. The van der Waals surface area contributed by atoms with Crippen molar-refractivity contribution in [2.45, 2.75) is 13.0 Å². The lowest BCUT2D eigenvalue weighted by Gasteiger charge is -2.26. The number of nitrogens with zero attached hydrogens (tertiary/aromatic N) is 2. The van der Waals surface area contributed by atoms with Crippen LogP contribution in [0, 0.1) is 0 Å². The Labute approximate surface area is 91.4 Å². The number of H-pyrrole nitrogens is 1. The fourth-order valence-electron chi connectivity index (χ4n) is 1.83. The molecule has 0 bridgehead atoms. The summed E-state index contributed by atoms with van der Waals surface area (Å²) in [6, 6.07) is -0.169. The summed E-state index contributed by atoms with van der Waals surface area (Å²) in [4.78, 5) is 23.8. The van der Waals surface area contributed by atoms with E-state index < -0.39 is 5.97 Å². The molecule has 2 heterocycles. The Bertz CT molecular complexity index is 440. The number of aromatic amines is 1. The monoisotopic (exact) mass is 224 g/mol. The van der Waals surface area contributed by atoms with Crippen LogP contribution in [0.4, 0.5) is 4.79 Å². The number of aromatic nitrogens is 2. The van der Waals surface area contributed by atoms with Gasteiger partial charge in [-0.25, -0.2) is 9.59 Å². The summed E-state index contributed by atoms with van der Waals surface area (Å²) in [7, 11) is 1.56. The molecule has 16 heavy (non-hydrogen) atoms. The molecule has 0 spiro atoms. The molecule has 0 atom stereocenters. The number of aromatic carboxylic acids is 1. The molecule has 0 unspecified atom stereocenters. The van der Waals surface area contributed by atoms with Gasteiger partial charge in [0.25, 0.3) is 0 Å². The molecular weight excluding hydrogens is 212 g/mol. The number of carbonyl (C=O) groups is 2. The van der Waals surface area contributed by atoms with Crippen LogP contribution >= 0.6 is 0 Å². The van der Waals surface area contributed by atoms with E-state index in [-0.39, 0.29) is 11.7 Å². The molecule has 2 amide bonds. The maximum absolute atomic E-state index is 11.4. The first-order valence-electron chi connectivity index (χ1n) is 4.89. The quantitative estimate of drug-likeness (QED) is 0.615. The van der Waals surface area contributed by atoms with Crippen molar-refractivity contribution in [1.29, 1.82) is 0 Å². The average Bonchev–Trinajstić information content (AvgIpc) is 2.70. The Morgan fingerprint density at radius 1 is 1.56 bits per heavy atom. The van der Waals surface area contributed by atoms with E-state index in [9.17, 15) is 9.59 Å². The second kappa shape index (κ2) is 3.84. The molecule has 0 aliphatic carbocycles. The van der Waals surface area contributed by atoms with Gasteiger partial charge in [0.05, 0.1) is 12.2 Å². The van der Waals surface area contributed by atoms with Crippen LogP contribution in [-0.2, 0) is 13.0 Å². The summed E-state index contributed by atoms with van der Waals surface area (Å²) in [5.74, 6) is -1.04. The number of carboxylic acids is 1. The summed E-state index contributed by atoms with van der Waals surface area (Å²) in [6.45, 7) is 0.877. The standard InChI is InChI=1S/C9H12N4O3/c1-10-9(16)13-3-2-5-6(4-13)11-12-7(5)8(14)15/h2-4H2,1H3,(H,10,16)(H,11,12)(H,14,15). The van der Waals surface area contributed by atoms with E-state index in [1.807, 2.05) is 0 Å². The minimum Gasteiger partial charge on any atom is -0.476 e. The van der Waals surface area contributed by atoms with Crippen molar-refractivity contribution in [2.75, 3.05) is 13.6 Å². The Balaban J connectivity index is 2.23. The highest BCUT2D eigenvalue weighted by molar-refractivity contribution is 5.87. The molecule has 7 nitrogen and oxygen atoms in total. The predicted octanol–water partition coefficient (Wildman–Crippen LogP) is -0.195. The minimum absolute atomic E-state index is 0.0616. The van der Waals surface area contributed by atoms with Gasteiger partial charge in [-0.2, -0.15) is 5.10 Å². The van der Waals surface area contributed by atoms with Crippen LogP contribution in [0.15, 0.2) is 0 Å². The largest absolute Gasteiger partial charge is 0.476 e. The lowest BCUT2D eigenvalue weighted by atomic mass is 10.0. The number of hydrogen-bond donors (Lipinski definition) is 3. The van der Waals surface area contributed by atoms with Crippen LogP contribution in [-0.4, -0.2) is 45.8 Å². The molecule has 0 saturated heterocycles. The van der Waals surface area contributed by atoms with E-state index in [0.717, 1.165) is 0 Å². The zero-order chi connectivity index (χ0) is 11.7. The first kappa shape index (κ1) is 10.5. The van der Waals surface area contributed by atoms with Gasteiger partial charge in [-0.1, -0.05) is 0 Å². The van der Waals surface area contributed by atoms with E-state index in [1.54, 1.807) is 11.9 Å². The van der Waals surface area contributed by atoms with Gasteiger partial charge in [-0.05, 0) is 6.42 Å². The number of carboxylic acid groups (broad SMARTS) is 1. The highest BCUT2D eigenvalue weighted by Crippen LogP contribution is 2.19. The number of fused-ring (bicyclic) bond motifs is 1. The van der Waals surface area contributed by atoms with Gasteiger partial charge in [-0.3, -0.25) is 5.10 Å². The third-order valence-corrected chi connectivity index (χ3v) is 2.64. The molecule has 3 N–H and O–H groups in total. The second-order valence-corrected chi connectivity index (χ2v) is 3.56. The van der Waals surface area contributed by atoms with E-state index in [4.69, 9.17) is 5.11 Å². The van der Waals surface area contributed by atoms with Crippen LogP contribution in [0.3, 0.4) is 0 Å². The zero-order valence-corrected chi connectivity index (χ0v) is 8.78. The van der Waals surface area contributed by atoms with Crippen molar-refractivity contribution in [3.8, 4) is 0 Å². The highest BCUT2D eigenvalue weighted by Gasteiger charge is 2.26. The maximum Gasteiger partial charge on any atom is 0.356 e. The number of urea groups is 1. The van der Waals surface area contributed by atoms with Crippen LogP contribution in [0.5, 0.6) is 0 Å². The molecule has 86 valence electrons. The summed E-state index contributed by atoms with van der Waals surface area (Å²) in [6.07, 6.45) is 0.515. The highest BCUT2D eigenvalue weighted by atomic mass is 16.4. The Kier molecular flexibility index (Phi) is 2.51. The van der Waals surface area contributed by atoms with Crippen LogP contribution in [0.1, 0.15) is 21.7 Å². The zero-order valence-electron chi connectivity index (χ0n) is 8.78. The van der Waals surface area contributed by atoms with Crippen LogP contribution in [0.25, 0.3) is 0 Å². The van der Waals surface area contributed by atoms with E-state index in [2.05, 4.69) is 15.5 Å². The molecule has 0 radical (unpaired) electrons. The number of amides is 2. The van der Waals surface area contributed by atoms with Crippen molar-refractivity contribution in [2.24, 2.45) is 0 Å². The van der Waals surface area contributed by atoms with Crippen molar-refractivity contribution in [3.63, 3.8) is 0 Å². The summed E-state index contributed by atoms with van der Waals surface area (Å²) in [5, 5.41) is 17.8. The normalized spacial score (nSPS) is 14.4. The molecule has 7 heteroatoms. The van der Waals surface area contributed by atoms with E-state index in [0.29, 0.717) is 30.8 Å². The molecule has 0 fully saturated rings. The molecule has 1 aliphatic heterocycles. The van der Waals surface area contributed by atoms with Crippen LogP contribution in [0.2, 0.25) is 0 Å². The number of carbonyl (C=O) groups excluding carboxylic acids is 1. The molecule has 1 aromatic rings. The number of rotatable bonds is 1. The van der Waals surface area contributed by atoms with E-state index in [1.165, 1.54) is 0 Å². The SMILES string of the molecule is CNC(=O)N1CCc2c(C(=O)O)n[nH]c2C1. The minimum atomic E-state index is -1.04. The first-order chi connectivity index (χ1) is 7.63. The van der Waals surface area contributed by atoms with Gasteiger partial charge < -0.3 is 15.3 Å². The van der Waals surface area contributed by atoms with Gasteiger partial charge in [0.2, 0.25) is 0 Å². The number of nitrogens with one attached hydrogen (secondary N) is 2. The summed E-state index contributed by atoms with van der Waals surface area (Å²) >= 11 is 0. The fraction of sp³-hybridized carbons (Fsp3) is 0.444. The van der Waals surface area contributed by atoms with Gasteiger partial charge in [0.15, 0.2) is 5.69 Å². The molecule has 0 aromatic carbocycles. The summed E-state index contributed by atoms with van der Waals surface area (Å²) < 4.78 is 0. The molecular formula is C9H12N4O3. The van der Waals surface area contributed by atoms with E-state index >= 15 is 0 Å². The molecule has 1 aliphatic rings. The average molecular weight is 224 g/mol. The van der Waals surface area contributed by atoms with Crippen molar-refractivity contribution < 1.29 is 14.7 Å². The van der Waals surface area contributed by atoms with Crippen molar-refractivity contribution >= 4 is 12.0 Å². The smallest absolute Gasteiger partial charge is 0.356 e. The summed E-state index contributed by atoms with van der Waals surface area (Å²) in [5.41, 5.74) is 1.46. The Morgan fingerprint density at radius 2 is 2.31 bits per heavy atom. The van der Waals surface area contributed by atoms with Gasteiger partial charge in [-0.15, -0.1) is 0 Å². The lowest BCUT2D eigenvalue weighted by molar-refractivity contribution is 0.0689. The Hall–Kier alpha value is -2.05.